The van der Waals surface area contributed by atoms with E-state index in [0.717, 1.165) is 60.1 Å². The fraction of sp³-hybridized carbons (Fsp3) is 0.559. The molecule has 7 rings (SSSR count). The average molecular weight is 973 g/mol. The zero-order valence-electron chi connectivity index (χ0n) is 42.4. The lowest BCUT2D eigenvalue weighted by Gasteiger charge is -2.56. The number of rotatable bonds is 7. The summed E-state index contributed by atoms with van der Waals surface area (Å²) in [5, 5.41) is 68.0. The van der Waals surface area contributed by atoms with E-state index in [4.69, 9.17) is 10.5 Å². The minimum Gasteiger partial charge on any atom is -0.396 e. The van der Waals surface area contributed by atoms with Crippen LogP contribution in [-0.4, -0.2) is 100 Å². The lowest BCUT2D eigenvalue weighted by atomic mass is 9.52. The van der Waals surface area contributed by atoms with E-state index in [-0.39, 0.29) is 56.4 Å². The zero-order valence-corrected chi connectivity index (χ0v) is 42.4. The lowest BCUT2D eigenvalue weighted by Crippen LogP contribution is -2.59. The molecule has 3 aliphatic heterocycles. The number of ketones is 1. The Kier molecular flexibility index (Phi) is 19.1. The van der Waals surface area contributed by atoms with Gasteiger partial charge in [0.25, 0.3) is 0 Å². The Morgan fingerprint density at radius 1 is 0.958 bits per heavy atom. The summed E-state index contributed by atoms with van der Waals surface area (Å²) in [5.41, 5.74) is 12.5. The molecule has 3 heterocycles. The number of allylic oxidation sites excluding steroid dienone is 5. The van der Waals surface area contributed by atoms with Gasteiger partial charge < -0.3 is 46.6 Å². The quantitative estimate of drug-likeness (QED) is 0.0848. The second-order valence-electron chi connectivity index (χ2n) is 21.2. The van der Waals surface area contributed by atoms with Crippen molar-refractivity contribution in [2.75, 3.05) is 32.9 Å². The van der Waals surface area contributed by atoms with Crippen LogP contribution in [0.5, 0.6) is 0 Å². The van der Waals surface area contributed by atoms with E-state index in [1.807, 2.05) is 68.5 Å². The smallest absolute Gasteiger partial charge is 0.243 e. The van der Waals surface area contributed by atoms with E-state index in [0.29, 0.717) is 86.5 Å². The molecule has 2 bridgehead atoms. The van der Waals surface area contributed by atoms with Gasteiger partial charge in [0.05, 0.1) is 30.5 Å². The maximum absolute atomic E-state index is 14.9. The molecule has 1 amide bonds. The maximum atomic E-state index is 14.9. The Balaban J connectivity index is 1.25. The summed E-state index contributed by atoms with van der Waals surface area (Å²) >= 11 is 0. The number of carbonyl (C=O) groups is 2. The number of aliphatic hydroxyl groups is 5. The zero-order chi connectivity index (χ0) is 50.7. The van der Waals surface area contributed by atoms with Gasteiger partial charge in [-0.25, -0.2) is 0 Å². The molecule has 10 N–H and O–H groups in total. The van der Waals surface area contributed by atoms with Crippen LogP contribution in [-0.2, 0) is 33.6 Å². The van der Waals surface area contributed by atoms with Gasteiger partial charge in [0.15, 0.2) is 5.78 Å². The van der Waals surface area contributed by atoms with Crippen LogP contribution in [0.1, 0.15) is 138 Å². The molecule has 10 atom stereocenters. The van der Waals surface area contributed by atoms with E-state index in [2.05, 4.69) is 53.4 Å². The number of hydrogen-bond donors (Lipinski definition) is 9. The van der Waals surface area contributed by atoms with Crippen LogP contribution in [0.3, 0.4) is 0 Å². The van der Waals surface area contributed by atoms with E-state index in [1.54, 1.807) is 0 Å². The minimum absolute atomic E-state index is 0.00172. The van der Waals surface area contributed by atoms with Crippen LogP contribution in [0.2, 0.25) is 0 Å². The number of aryl methyl sites for hydroxylation is 1. The van der Waals surface area contributed by atoms with Crippen molar-refractivity contribution in [1.82, 2.24) is 16.0 Å². The normalized spacial score (nSPS) is 34.7. The molecule has 2 aliphatic carbocycles. The summed E-state index contributed by atoms with van der Waals surface area (Å²) in [4.78, 5) is 28.5. The van der Waals surface area contributed by atoms with Gasteiger partial charge >= 0.3 is 0 Å². The molecule has 384 valence electrons. The molecule has 2 saturated carbocycles. The standard InChI is InChI=1S/C59H80N4O8/c1-38-13-6-9-32-71-37-44(18-10-14-39(2)51(25-20-38)61-30-7-5-8-31-64)48-27-29-59(55(48)68)50-24-23-45(65)34-42-16-11-15-41(33-42)21-22-46(66)36-62-54-53-43(17-12-19-49(53)56(60)63-57(54)69)35-52(67)40(3)47(50)26-28-58(59,4)70/h10-12,14-20,33,45-46,48,50-51,54-56,61-62,64-66,68,70H,2,5,7-8,13,21-32,34-37,60H2,1,3-4H3,(H,63,69)/b14-10+,38-20+,44-18-,47-40+/t45-,46-,48+,50+,51-,54-,55+,56+,58+,59+/m0/s1. The number of β-amino-alcohol motifs (C(OH)–C–C–N with tert-alkyl or cyclic N) is 1. The monoisotopic (exact) mass is 973 g/mol. The molecule has 5 aliphatic rings. The molecular weight excluding hydrogens is 893 g/mol. The Morgan fingerprint density at radius 3 is 2.58 bits per heavy atom. The number of Topliss-reactive ketones (excluding diaryl/α,β-unsaturated/α-hetero) is 1. The largest absolute Gasteiger partial charge is 0.396 e. The Morgan fingerprint density at radius 2 is 1.76 bits per heavy atom. The molecule has 0 unspecified atom stereocenters. The highest BCUT2D eigenvalue weighted by Gasteiger charge is 2.64. The molecule has 2 aromatic rings. The molecule has 0 saturated heterocycles. The van der Waals surface area contributed by atoms with E-state index < -0.39 is 47.5 Å². The Hall–Kier alpha value is -4.52. The summed E-state index contributed by atoms with van der Waals surface area (Å²) in [6, 6.07) is 12.8. The topological polar surface area (TPSA) is 207 Å². The van der Waals surface area contributed by atoms with Gasteiger partial charge in [-0.1, -0.05) is 96.3 Å². The van der Waals surface area contributed by atoms with Crippen LogP contribution in [0.25, 0.3) is 0 Å². The van der Waals surface area contributed by atoms with Gasteiger partial charge in [0.1, 0.15) is 18.8 Å². The molecule has 12 heteroatoms. The van der Waals surface area contributed by atoms with Gasteiger partial charge in [0, 0.05) is 43.4 Å². The number of carbonyl (C=O) groups excluding carboxylic acids is 2. The van der Waals surface area contributed by atoms with Crippen LogP contribution < -0.4 is 21.7 Å². The van der Waals surface area contributed by atoms with Crippen LogP contribution in [0, 0.1) is 29.1 Å². The molecule has 0 aromatic heterocycles. The number of fused-ring (bicyclic) bond motifs is 4. The van der Waals surface area contributed by atoms with Crippen molar-refractivity contribution >= 4 is 11.7 Å². The molecular formula is C59H80N4O8. The molecule has 71 heavy (non-hydrogen) atoms. The first kappa shape index (κ1) is 54.3. The fourth-order valence-electron chi connectivity index (χ4n) is 12.2. The Labute approximate surface area is 422 Å². The lowest BCUT2D eigenvalue weighted by molar-refractivity contribution is -0.168. The van der Waals surface area contributed by atoms with Crippen molar-refractivity contribution in [1.29, 1.82) is 0 Å². The highest BCUT2D eigenvalue weighted by atomic mass is 16.5. The predicted octanol–water partition coefficient (Wildman–Crippen LogP) is 6.36. The van der Waals surface area contributed by atoms with Crippen LogP contribution >= 0.6 is 0 Å². The predicted molar refractivity (Wildman–Crippen MR) is 279 cm³/mol. The molecule has 1 spiro atoms. The van der Waals surface area contributed by atoms with Crippen molar-refractivity contribution in [3.05, 3.63) is 129 Å². The number of ether oxygens (including phenoxy) is 1. The van der Waals surface area contributed by atoms with Crippen molar-refractivity contribution < 1.29 is 39.9 Å². The molecule has 0 radical (unpaired) electrons. The fourth-order valence-corrected chi connectivity index (χ4v) is 12.2. The van der Waals surface area contributed by atoms with Crippen molar-refractivity contribution in [3.8, 4) is 11.8 Å². The van der Waals surface area contributed by atoms with Gasteiger partial charge in [-0.2, -0.15) is 0 Å². The first-order valence-corrected chi connectivity index (χ1v) is 26.2. The van der Waals surface area contributed by atoms with Crippen molar-refractivity contribution in [3.63, 3.8) is 0 Å². The summed E-state index contributed by atoms with van der Waals surface area (Å²) < 4.78 is 6.23. The third-order valence-corrected chi connectivity index (χ3v) is 16.4. The minimum atomic E-state index is -1.32. The number of unbranched alkanes of at least 4 members (excludes halogenated alkanes) is 2. The van der Waals surface area contributed by atoms with Crippen molar-refractivity contribution in [2.24, 2.45) is 23.0 Å². The maximum Gasteiger partial charge on any atom is 0.243 e. The summed E-state index contributed by atoms with van der Waals surface area (Å²) in [7, 11) is 0. The van der Waals surface area contributed by atoms with E-state index in [1.165, 1.54) is 5.57 Å². The molecule has 2 aromatic carbocycles. The van der Waals surface area contributed by atoms with E-state index in [9.17, 15) is 35.1 Å². The number of nitrogens with two attached hydrogens (primary N) is 1. The second-order valence-corrected chi connectivity index (χ2v) is 21.2. The third kappa shape index (κ3) is 13.0. The number of amides is 1. The summed E-state index contributed by atoms with van der Waals surface area (Å²) in [6.45, 7) is 11.8. The third-order valence-electron chi connectivity index (χ3n) is 16.4. The Bertz CT molecular complexity index is 2410. The van der Waals surface area contributed by atoms with Gasteiger partial charge in [-0.3, -0.25) is 14.9 Å². The van der Waals surface area contributed by atoms with Gasteiger partial charge in [0.2, 0.25) is 5.91 Å². The average Bonchev–Trinajstić information content (AvgIpc) is 3.68. The number of aliphatic hydroxyl groups excluding tert-OH is 4. The first-order chi connectivity index (χ1) is 34.1. The highest BCUT2D eigenvalue weighted by molar-refractivity contribution is 5.98. The first-order valence-electron chi connectivity index (χ1n) is 26.2. The number of benzene rings is 2. The second kappa shape index (κ2) is 24.9. The molecule has 12 nitrogen and oxygen atoms in total. The van der Waals surface area contributed by atoms with E-state index >= 15 is 0 Å². The summed E-state index contributed by atoms with van der Waals surface area (Å²) in [6.07, 6.45) is 13.1. The SMILES string of the molecule is C=C1/C=C/C=C(\[C@H]2CC[C@@]3([C@@H]4CC[C@H](O)Cc5cccc(c5)CC[C@H](O)CN[C@@H]5C(=O)N[C@@H](N)c6cccc(c65)CC(=O)/C(C)=C/4CC[C@@]3(C)O)[C@@H]2O)COCC#CC/C(C)=C/C[C@@H]1NCCCCCO. The summed E-state index contributed by atoms with van der Waals surface area (Å²) in [5.74, 6) is 5.14. The van der Waals surface area contributed by atoms with Crippen LogP contribution in [0.4, 0.5) is 0 Å². The van der Waals surface area contributed by atoms with Gasteiger partial charge in [-0.15, -0.1) is 0 Å². The molecule has 2 fully saturated rings. The number of hydrogen-bond acceptors (Lipinski definition) is 11. The van der Waals surface area contributed by atoms with Crippen molar-refractivity contribution in [2.45, 2.75) is 159 Å². The van der Waals surface area contributed by atoms with Gasteiger partial charge in [-0.05, 0) is 161 Å². The highest BCUT2D eigenvalue weighted by Crippen LogP contribution is 2.63. The number of nitrogens with one attached hydrogen (secondary N) is 3. The van der Waals surface area contributed by atoms with Crippen LogP contribution in [0.15, 0.2) is 101 Å².